The monoisotopic (exact) mass is 343 g/mol. The molecule has 0 amide bonds. The number of pyridine rings is 1. The van der Waals surface area contributed by atoms with Crippen LogP contribution in [0, 0.1) is 6.92 Å². The maximum absolute atomic E-state index is 11.7. The van der Waals surface area contributed by atoms with Crippen LogP contribution in [-0.2, 0) is 9.53 Å². The van der Waals surface area contributed by atoms with Crippen LogP contribution in [0.5, 0.6) is 0 Å². The summed E-state index contributed by atoms with van der Waals surface area (Å²) in [5, 5.41) is 3.73. The maximum Gasteiger partial charge on any atom is 0.325 e. The molecule has 5 nitrogen and oxygen atoms in total. The molecule has 2 heterocycles. The van der Waals surface area contributed by atoms with E-state index >= 15 is 0 Å². The zero-order valence-corrected chi connectivity index (χ0v) is 14.3. The summed E-state index contributed by atoms with van der Waals surface area (Å²) in [5.41, 5.74) is 3.64. The van der Waals surface area contributed by atoms with Crippen LogP contribution < -0.4 is 5.32 Å². The van der Waals surface area contributed by atoms with Gasteiger partial charge < -0.3 is 10.1 Å². The van der Waals surface area contributed by atoms with Crippen molar-refractivity contribution >= 4 is 29.0 Å². The molecule has 6 heteroatoms. The first-order valence-electron chi connectivity index (χ1n) is 7.73. The molecule has 0 aliphatic carbocycles. The Morgan fingerprint density at radius 3 is 2.83 bits per heavy atom. The summed E-state index contributed by atoms with van der Waals surface area (Å²) in [6.07, 6.45) is 1.78. The van der Waals surface area contributed by atoms with E-state index in [9.17, 15) is 4.79 Å². The second-order valence-corrected chi connectivity index (χ2v) is 5.79. The fraction of sp³-hybridized carbons (Fsp3) is 0.222. The molecule has 0 unspecified atom stereocenters. The lowest BCUT2D eigenvalue weighted by Gasteiger charge is -2.10. The van der Waals surface area contributed by atoms with Gasteiger partial charge in [-0.1, -0.05) is 35.9 Å². The van der Waals surface area contributed by atoms with Crippen molar-refractivity contribution in [3.05, 3.63) is 53.2 Å². The molecule has 0 spiro atoms. The summed E-state index contributed by atoms with van der Waals surface area (Å²) in [5.74, 6) is 0.403. The number of esters is 1. The smallest absolute Gasteiger partial charge is 0.325 e. The third-order valence-electron chi connectivity index (χ3n) is 3.69. The van der Waals surface area contributed by atoms with Crippen molar-refractivity contribution in [1.82, 2.24) is 9.38 Å². The van der Waals surface area contributed by atoms with Gasteiger partial charge in [0.15, 0.2) is 0 Å². The van der Waals surface area contributed by atoms with Gasteiger partial charge in [0.1, 0.15) is 23.7 Å². The van der Waals surface area contributed by atoms with E-state index in [0.29, 0.717) is 11.6 Å². The molecule has 24 heavy (non-hydrogen) atoms. The SMILES string of the molecule is CCOC(=O)CNc1c(-c2ccccc2C)nc2ccc(Cl)cn12. The van der Waals surface area contributed by atoms with Gasteiger partial charge in [-0.2, -0.15) is 0 Å². The van der Waals surface area contributed by atoms with Gasteiger partial charge >= 0.3 is 5.97 Å². The van der Waals surface area contributed by atoms with Crippen LogP contribution in [0.2, 0.25) is 5.02 Å². The largest absolute Gasteiger partial charge is 0.465 e. The molecule has 0 aliphatic rings. The topological polar surface area (TPSA) is 55.6 Å². The van der Waals surface area contributed by atoms with Crippen LogP contribution in [0.25, 0.3) is 16.9 Å². The van der Waals surface area contributed by atoms with Crippen molar-refractivity contribution in [2.75, 3.05) is 18.5 Å². The number of hydrogen-bond donors (Lipinski definition) is 1. The molecule has 0 saturated carbocycles. The standard InChI is InChI=1S/C18H18ClN3O2/c1-3-24-16(23)10-20-18-17(14-7-5-4-6-12(14)2)21-15-9-8-13(19)11-22(15)18/h4-9,11,20H,3,10H2,1-2H3. The minimum absolute atomic E-state index is 0.0625. The molecule has 0 atom stereocenters. The molecule has 124 valence electrons. The van der Waals surface area contributed by atoms with E-state index in [1.807, 2.05) is 41.7 Å². The van der Waals surface area contributed by atoms with E-state index in [1.54, 1.807) is 19.2 Å². The number of nitrogens with one attached hydrogen (secondary N) is 1. The minimum Gasteiger partial charge on any atom is -0.465 e. The molecule has 0 bridgehead atoms. The normalized spacial score (nSPS) is 10.8. The Morgan fingerprint density at radius 2 is 2.08 bits per heavy atom. The first kappa shape index (κ1) is 16.3. The van der Waals surface area contributed by atoms with Crippen molar-refractivity contribution < 1.29 is 9.53 Å². The number of anilines is 1. The Balaban J connectivity index is 2.09. The highest BCUT2D eigenvalue weighted by Crippen LogP contribution is 2.31. The Morgan fingerprint density at radius 1 is 1.29 bits per heavy atom. The number of nitrogens with zero attached hydrogens (tertiary/aromatic N) is 2. The van der Waals surface area contributed by atoms with E-state index in [4.69, 9.17) is 21.3 Å². The van der Waals surface area contributed by atoms with Crippen molar-refractivity contribution in [1.29, 1.82) is 0 Å². The van der Waals surface area contributed by atoms with E-state index in [2.05, 4.69) is 5.32 Å². The van der Waals surface area contributed by atoms with E-state index in [0.717, 1.165) is 28.3 Å². The van der Waals surface area contributed by atoms with Crippen molar-refractivity contribution in [2.24, 2.45) is 0 Å². The summed E-state index contributed by atoms with van der Waals surface area (Å²) in [6.45, 7) is 4.23. The van der Waals surface area contributed by atoms with Crippen molar-refractivity contribution in [2.45, 2.75) is 13.8 Å². The number of imidazole rings is 1. The second-order valence-electron chi connectivity index (χ2n) is 5.36. The van der Waals surface area contributed by atoms with Gasteiger partial charge in [0.2, 0.25) is 0 Å². The molecule has 0 aliphatic heterocycles. The molecule has 3 rings (SSSR count). The van der Waals surface area contributed by atoms with Crippen molar-refractivity contribution in [3.8, 4) is 11.3 Å². The summed E-state index contributed by atoms with van der Waals surface area (Å²) < 4.78 is 6.84. The summed E-state index contributed by atoms with van der Waals surface area (Å²) in [7, 11) is 0. The van der Waals surface area contributed by atoms with E-state index < -0.39 is 0 Å². The van der Waals surface area contributed by atoms with Gasteiger partial charge in [-0.25, -0.2) is 4.98 Å². The second kappa shape index (κ2) is 6.93. The number of fused-ring (bicyclic) bond motifs is 1. The maximum atomic E-state index is 11.7. The predicted octanol–water partition coefficient (Wildman–Crippen LogP) is 3.94. The molecule has 3 aromatic rings. The minimum atomic E-state index is -0.315. The number of aromatic nitrogens is 2. The number of halogens is 1. The summed E-state index contributed by atoms with van der Waals surface area (Å²) in [6, 6.07) is 11.6. The molecular weight excluding hydrogens is 326 g/mol. The fourth-order valence-corrected chi connectivity index (χ4v) is 2.74. The van der Waals surface area contributed by atoms with E-state index in [1.165, 1.54) is 0 Å². The Kier molecular flexibility index (Phi) is 4.71. The third kappa shape index (κ3) is 3.21. The average molecular weight is 344 g/mol. The highest BCUT2D eigenvalue weighted by Gasteiger charge is 2.16. The lowest BCUT2D eigenvalue weighted by molar-refractivity contribution is -0.140. The van der Waals surface area contributed by atoms with Gasteiger partial charge in [-0.3, -0.25) is 9.20 Å². The number of hydrogen-bond acceptors (Lipinski definition) is 4. The first-order chi connectivity index (χ1) is 11.6. The van der Waals surface area contributed by atoms with Crippen LogP contribution in [-0.4, -0.2) is 28.5 Å². The van der Waals surface area contributed by atoms with Crippen LogP contribution >= 0.6 is 11.6 Å². The molecule has 1 N–H and O–H groups in total. The van der Waals surface area contributed by atoms with Gasteiger partial charge in [-0.05, 0) is 31.5 Å². The Labute approximate surface area is 145 Å². The number of ether oxygens (including phenoxy) is 1. The van der Waals surface area contributed by atoms with Crippen LogP contribution in [0.4, 0.5) is 5.82 Å². The number of aryl methyl sites for hydroxylation is 1. The molecular formula is C18H18ClN3O2. The quantitative estimate of drug-likeness (QED) is 0.713. The van der Waals surface area contributed by atoms with Crippen LogP contribution in [0.3, 0.4) is 0 Å². The summed E-state index contributed by atoms with van der Waals surface area (Å²) in [4.78, 5) is 16.4. The lowest BCUT2D eigenvalue weighted by Crippen LogP contribution is -2.18. The zero-order chi connectivity index (χ0) is 17.1. The van der Waals surface area contributed by atoms with Gasteiger partial charge in [0.25, 0.3) is 0 Å². The molecule has 2 aromatic heterocycles. The molecule has 0 fully saturated rings. The highest BCUT2D eigenvalue weighted by atomic mass is 35.5. The fourth-order valence-electron chi connectivity index (χ4n) is 2.58. The average Bonchev–Trinajstić information content (AvgIpc) is 2.91. The third-order valence-corrected chi connectivity index (χ3v) is 3.91. The molecule has 0 saturated heterocycles. The zero-order valence-electron chi connectivity index (χ0n) is 13.5. The van der Waals surface area contributed by atoms with Crippen molar-refractivity contribution in [3.63, 3.8) is 0 Å². The summed E-state index contributed by atoms with van der Waals surface area (Å²) >= 11 is 6.12. The molecule has 0 radical (unpaired) electrons. The number of benzene rings is 1. The Bertz CT molecular complexity index is 889. The predicted molar refractivity (Wildman–Crippen MR) is 95.5 cm³/mol. The van der Waals surface area contributed by atoms with Gasteiger partial charge in [0.05, 0.1) is 11.6 Å². The van der Waals surface area contributed by atoms with Gasteiger partial charge in [0, 0.05) is 11.8 Å². The first-order valence-corrected chi connectivity index (χ1v) is 8.11. The van der Waals surface area contributed by atoms with Gasteiger partial charge in [-0.15, -0.1) is 0 Å². The number of carbonyl (C=O) groups is 1. The lowest BCUT2D eigenvalue weighted by atomic mass is 10.1. The van der Waals surface area contributed by atoms with E-state index in [-0.39, 0.29) is 12.5 Å². The number of rotatable bonds is 5. The van der Waals surface area contributed by atoms with Crippen LogP contribution in [0.15, 0.2) is 42.6 Å². The Hall–Kier alpha value is -2.53. The van der Waals surface area contributed by atoms with Crippen LogP contribution in [0.1, 0.15) is 12.5 Å². The molecule has 1 aromatic carbocycles. The number of carbonyl (C=O) groups excluding carboxylic acids is 1. The highest BCUT2D eigenvalue weighted by molar-refractivity contribution is 6.30.